The number of benzene rings is 3. The minimum absolute atomic E-state index is 0.187. The van der Waals surface area contributed by atoms with Gasteiger partial charge in [-0.2, -0.15) is 0 Å². The van der Waals surface area contributed by atoms with E-state index in [4.69, 9.17) is 9.47 Å². The van der Waals surface area contributed by atoms with Gasteiger partial charge in [-0.15, -0.1) is 0 Å². The number of aromatic nitrogens is 4. The second kappa shape index (κ2) is 11.5. The molecule has 1 aliphatic rings. The minimum Gasteiger partial charge on any atom is -0.390 e. The third kappa shape index (κ3) is 5.44. The van der Waals surface area contributed by atoms with Crippen LogP contribution in [-0.4, -0.2) is 43.2 Å². The van der Waals surface area contributed by atoms with Gasteiger partial charge in [0.05, 0.1) is 12.9 Å². The normalized spacial score (nSPS) is 20.6. The number of alkyl halides is 1. The van der Waals surface area contributed by atoms with Gasteiger partial charge in [0.25, 0.3) is 5.85 Å². The maximum Gasteiger partial charge on any atom is 0.260 e. The van der Waals surface area contributed by atoms with E-state index in [1.807, 2.05) is 66.7 Å². The molecule has 9 heteroatoms. The molecule has 0 spiro atoms. The number of rotatable bonds is 10. The summed E-state index contributed by atoms with van der Waals surface area (Å²) in [6, 6.07) is 29.9. The molecule has 5 aromatic rings. The topological polar surface area (TPSA) is 85.5 Å². The van der Waals surface area contributed by atoms with Crippen molar-refractivity contribution in [2.75, 3.05) is 11.5 Å². The first-order valence-electron chi connectivity index (χ1n) is 13.3. The Kier molecular flexibility index (Phi) is 7.50. The van der Waals surface area contributed by atoms with Crippen LogP contribution in [0.3, 0.4) is 0 Å². The molecule has 3 heterocycles. The van der Waals surface area contributed by atoms with Gasteiger partial charge >= 0.3 is 0 Å². The van der Waals surface area contributed by atoms with Gasteiger partial charge in [0, 0.05) is 19.5 Å². The number of hydrogen-bond donors (Lipinski definition) is 1. The highest BCUT2D eigenvalue weighted by atomic mass is 19.2. The third-order valence-electron chi connectivity index (χ3n) is 7.12. The molecular formula is C31H30FN5O3. The standard InChI is InChI=1S/C31H30FN5O3/c32-31(20-38)26(39-19-25-14-8-3-9-15-25)16-27(40-31)37-22-35-28-29(33-21-34-30(28)37)36(17-23-10-4-1-5-11-23)18-24-12-6-2-7-13-24/h1-15,21-22,26-27,38H,16-20H2. The number of fused-ring (bicyclic) bond motifs is 1. The zero-order valence-electron chi connectivity index (χ0n) is 21.9. The number of imidazole rings is 1. The van der Waals surface area contributed by atoms with E-state index in [9.17, 15) is 5.11 Å². The SMILES string of the molecule is OCC1(F)OC(n2cnc3c(N(Cc4ccccc4)Cc4ccccc4)ncnc32)CC1OCc1ccccc1. The van der Waals surface area contributed by atoms with Crippen LogP contribution in [0.2, 0.25) is 0 Å². The lowest BCUT2D eigenvalue weighted by molar-refractivity contribution is -0.217. The van der Waals surface area contributed by atoms with Gasteiger partial charge in [0.15, 0.2) is 17.0 Å². The summed E-state index contributed by atoms with van der Waals surface area (Å²) in [5.41, 5.74) is 4.28. The molecule has 3 aromatic carbocycles. The number of aliphatic hydroxyl groups excluding tert-OH is 1. The quantitative estimate of drug-likeness (QED) is 0.261. The van der Waals surface area contributed by atoms with Gasteiger partial charge in [-0.05, 0) is 16.7 Å². The molecule has 0 bridgehead atoms. The van der Waals surface area contributed by atoms with E-state index < -0.39 is 24.8 Å². The average Bonchev–Trinajstić information content (AvgIpc) is 3.58. The first kappa shape index (κ1) is 26.1. The van der Waals surface area contributed by atoms with Crippen molar-refractivity contribution >= 4 is 17.0 Å². The van der Waals surface area contributed by atoms with E-state index in [1.54, 1.807) is 10.9 Å². The fraction of sp³-hybridized carbons (Fsp3) is 0.258. The van der Waals surface area contributed by atoms with E-state index in [2.05, 4.69) is 44.1 Å². The Hall–Kier alpha value is -4.18. The summed E-state index contributed by atoms with van der Waals surface area (Å²) in [6.45, 7) is 0.611. The first-order valence-corrected chi connectivity index (χ1v) is 13.3. The molecule has 40 heavy (non-hydrogen) atoms. The smallest absolute Gasteiger partial charge is 0.260 e. The fourth-order valence-electron chi connectivity index (χ4n) is 5.08. The van der Waals surface area contributed by atoms with E-state index >= 15 is 4.39 Å². The van der Waals surface area contributed by atoms with Crippen LogP contribution in [-0.2, 0) is 29.2 Å². The Morgan fingerprint density at radius 3 is 2.08 bits per heavy atom. The second-order valence-electron chi connectivity index (χ2n) is 9.89. The summed E-state index contributed by atoms with van der Waals surface area (Å²) < 4.78 is 29.0. The van der Waals surface area contributed by atoms with E-state index in [0.29, 0.717) is 30.1 Å². The van der Waals surface area contributed by atoms with Crippen molar-refractivity contribution in [1.82, 2.24) is 19.5 Å². The predicted octanol–water partition coefficient (Wildman–Crippen LogP) is 5.20. The lowest BCUT2D eigenvalue weighted by Gasteiger charge is -2.24. The molecule has 2 aromatic heterocycles. The van der Waals surface area contributed by atoms with Gasteiger partial charge < -0.3 is 19.5 Å². The molecular weight excluding hydrogens is 509 g/mol. The van der Waals surface area contributed by atoms with Crippen LogP contribution in [0.1, 0.15) is 29.3 Å². The van der Waals surface area contributed by atoms with Gasteiger partial charge in [-0.1, -0.05) is 91.0 Å². The number of ether oxygens (including phenoxy) is 2. The van der Waals surface area contributed by atoms with Crippen LogP contribution in [0.25, 0.3) is 11.2 Å². The molecule has 8 nitrogen and oxygen atoms in total. The summed E-state index contributed by atoms with van der Waals surface area (Å²) in [4.78, 5) is 15.9. The summed E-state index contributed by atoms with van der Waals surface area (Å²) in [7, 11) is 0. The Morgan fingerprint density at radius 1 is 0.875 bits per heavy atom. The molecule has 3 atom stereocenters. The molecule has 0 amide bonds. The van der Waals surface area contributed by atoms with Crippen LogP contribution in [0.5, 0.6) is 0 Å². The molecule has 1 fully saturated rings. The number of anilines is 1. The molecule has 1 aliphatic heterocycles. The molecule has 1 saturated heterocycles. The molecule has 204 valence electrons. The number of hydrogen-bond acceptors (Lipinski definition) is 7. The van der Waals surface area contributed by atoms with Crippen molar-refractivity contribution in [1.29, 1.82) is 0 Å². The zero-order chi connectivity index (χ0) is 27.4. The molecule has 3 unspecified atom stereocenters. The maximum atomic E-state index is 15.7. The highest BCUT2D eigenvalue weighted by Gasteiger charge is 2.51. The predicted molar refractivity (Wildman–Crippen MR) is 149 cm³/mol. The van der Waals surface area contributed by atoms with Crippen molar-refractivity contribution in [2.45, 2.75) is 44.3 Å². The van der Waals surface area contributed by atoms with E-state index in [0.717, 1.165) is 16.7 Å². The van der Waals surface area contributed by atoms with Crippen LogP contribution in [0, 0.1) is 0 Å². The fourth-order valence-corrected chi connectivity index (χ4v) is 5.08. The number of aliphatic hydroxyl groups is 1. The van der Waals surface area contributed by atoms with Gasteiger partial charge in [0.2, 0.25) is 0 Å². The second-order valence-corrected chi connectivity index (χ2v) is 9.89. The van der Waals surface area contributed by atoms with Crippen molar-refractivity contribution in [3.05, 3.63) is 120 Å². The van der Waals surface area contributed by atoms with Crippen LogP contribution < -0.4 is 4.90 Å². The van der Waals surface area contributed by atoms with Crippen LogP contribution >= 0.6 is 0 Å². The van der Waals surface area contributed by atoms with Gasteiger partial charge in [0.1, 0.15) is 25.3 Å². The molecule has 0 radical (unpaired) electrons. The van der Waals surface area contributed by atoms with Crippen molar-refractivity contribution in [3.8, 4) is 0 Å². The Bertz CT molecular complexity index is 1490. The Morgan fingerprint density at radius 2 is 1.48 bits per heavy atom. The zero-order valence-corrected chi connectivity index (χ0v) is 21.9. The van der Waals surface area contributed by atoms with Crippen molar-refractivity contribution in [2.24, 2.45) is 0 Å². The summed E-state index contributed by atoms with van der Waals surface area (Å²) >= 11 is 0. The highest BCUT2D eigenvalue weighted by Crippen LogP contribution is 2.41. The molecule has 0 aliphatic carbocycles. The summed E-state index contributed by atoms with van der Waals surface area (Å²) in [5.74, 6) is -1.68. The highest BCUT2D eigenvalue weighted by molar-refractivity contribution is 5.83. The Balaban J connectivity index is 1.29. The number of nitrogens with zero attached hydrogens (tertiary/aromatic N) is 5. The molecule has 1 N–H and O–H groups in total. The third-order valence-corrected chi connectivity index (χ3v) is 7.12. The first-order chi connectivity index (χ1) is 19.6. The molecule has 0 saturated carbocycles. The largest absolute Gasteiger partial charge is 0.390 e. The average molecular weight is 540 g/mol. The minimum atomic E-state index is -2.35. The van der Waals surface area contributed by atoms with E-state index in [-0.39, 0.29) is 13.0 Å². The summed E-state index contributed by atoms with van der Waals surface area (Å²) in [6.07, 6.45) is 1.54. The maximum absolute atomic E-state index is 15.7. The van der Waals surface area contributed by atoms with Crippen molar-refractivity contribution in [3.63, 3.8) is 0 Å². The lowest BCUT2D eigenvalue weighted by Crippen LogP contribution is -2.39. The van der Waals surface area contributed by atoms with Gasteiger partial charge in [-0.25, -0.2) is 19.3 Å². The van der Waals surface area contributed by atoms with Crippen LogP contribution in [0.4, 0.5) is 10.2 Å². The lowest BCUT2D eigenvalue weighted by atomic mass is 10.1. The molecule has 6 rings (SSSR count). The summed E-state index contributed by atoms with van der Waals surface area (Å²) in [5, 5.41) is 9.88. The number of halogens is 1. The van der Waals surface area contributed by atoms with Gasteiger partial charge in [-0.3, -0.25) is 4.57 Å². The monoisotopic (exact) mass is 539 g/mol. The van der Waals surface area contributed by atoms with E-state index in [1.165, 1.54) is 6.33 Å². The van der Waals surface area contributed by atoms with Crippen molar-refractivity contribution < 1.29 is 19.0 Å². The Labute approximate surface area is 231 Å². The van der Waals surface area contributed by atoms with Crippen LogP contribution in [0.15, 0.2) is 104 Å².